The molecule has 0 spiro atoms. The highest BCUT2D eigenvalue weighted by Gasteiger charge is 2.23. The zero-order valence-electron chi connectivity index (χ0n) is 9.21. The van der Waals surface area contributed by atoms with Crippen molar-refractivity contribution in [3.8, 4) is 0 Å². The maximum atomic E-state index is 11.9. The van der Waals surface area contributed by atoms with E-state index < -0.39 is 0 Å². The summed E-state index contributed by atoms with van der Waals surface area (Å²) < 4.78 is 5.30. The standard InChI is InChI=1S/C12H20O2/c1-3-6-10(7-4-2)12(13)11-8-5-9-14-11/h8,10H,3-7,9H2,1-2H3. The third-order valence-corrected chi connectivity index (χ3v) is 2.59. The van der Waals surface area contributed by atoms with Crippen LogP contribution in [0.5, 0.6) is 0 Å². The summed E-state index contributed by atoms with van der Waals surface area (Å²) in [4.78, 5) is 11.9. The van der Waals surface area contributed by atoms with Gasteiger partial charge in [0.05, 0.1) is 6.61 Å². The molecular formula is C12H20O2. The summed E-state index contributed by atoms with van der Waals surface area (Å²) in [5, 5.41) is 0. The predicted octanol–water partition coefficient (Wildman–Crippen LogP) is 3.08. The fourth-order valence-corrected chi connectivity index (χ4v) is 1.89. The van der Waals surface area contributed by atoms with Crippen molar-refractivity contribution in [1.82, 2.24) is 0 Å². The lowest BCUT2D eigenvalue weighted by atomic mass is 9.92. The molecule has 1 heterocycles. The number of ether oxygens (including phenoxy) is 1. The number of Topliss-reactive ketones (excluding diaryl/α,β-unsaturated/α-hetero) is 1. The number of ketones is 1. The largest absolute Gasteiger partial charge is 0.490 e. The molecule has 0 amide bonds. The molecule has 1 aliphatic rings. The second-order valence-corrected chi connectivity index (χ2v) is 3.84. The Morgan fingerprint density at radius 3 is 2.50 bits per heavy atom. The van der Waals surface area contributed by atoms with Crippen LogP contribution < -0.4 is 0 Å². The molecule has 0 fully saturated rings. The van der Waals surface area contributed by atoms with E-state index >= 15 is 0 Å². The van der Waals surface area contributed by atoms with Crippen molar-refractivity contribution in [3.05, 3.63) is 11.8 Å². The Morgan fingerprint density at radius 1 is 1.43 bits per heavy atom. The van der Waals surface area contributed by atoms with E-state index in [1.807, 2.05) is 6.08 Å². The quantitative estimate of drug-likeness (QED) is 0.652. The van der Waals surface area contributed by atoms with E-state index in [1.165, 1.54) is 0 Å². The topological polar surface area (TPSA) is 26.3 Å². The molecule has 0 aliphatic carbocycles. The van der Waals surface area contributed by atoms with Crippen molar-refractivity contribution < 1.29 is 9.53 Å². The first-order valence-electron chi connectivity index (χ1n) is 5.66. The van der Waals surface area contributed by atoms with Crippen molar-refractivity contribution in [2.24, 2.45) is 5.92 Å². The molecule has 0 aromatic carbocycles. The van der Waals surface area contributed by atoms with E-state index in [4.69, 9.17) is 4.74 Å². The van der Waals surface area contributed by atoms with Crippen LogP contribution in [-0.2, 0) is 9.53 Å². The van der Waals surface area contributed by atoms with Gasteiger partial charge in [-0.15, -0.1) is 0 Å². The zero-order chi connectivity index (χ0) is 10.4. The molecule has 2 nitrogen and oxygen atoms in total. The second kappa shape index (κ2) is 5.84. The van der Waals surface area contributed by atoms with Crippen LogP contribution in [0.25, 0.3) is 0 Å². The highest BCUT2D eigenvalue weighted by Crippen LogP contribution is 2.22. The van der Waals surface area contributed by atoms with Crippen LogP contribution in [0.15, 0.2) is 11.8 Å². The van der Waals surface area contributed by atoms with Gasteiger partial charge >= 0.3 is 0 Å². The number of hydrogen-bond donors (Lipinski definition) is 0. The Balaban J connectivity index is 2.53. The molecule has 0 radical (unpaired) electrons. The fourth-order valence-electron chi connectivity index (χ4n) is 1.89. The predicted molar refractivity (Wildman–Crippen MR) is 57.0 cm³/mol. The molecule has 0 N–H and O–H groups in total. The van der Waals surface area contributed by atoms with Crippen LogP contribution in [0, 0.1) is 5.92 Å². The first-order valence-corrected chi connectivity index (χ1v) is 5.66. The Morgan fingerprint density at radius 2 is 2.07 bits per heavy atom. The van der Waals surface area contributed by atoms with Gasteiger partial charge in [-0.2, -0.15) is 0 Å². The van der Waals surface area contributed by atoms with Crippen LogP contribution >= 0.6 is 0 Å². The number of rotatable bonds is 6. The summed E-state index contributed by atoms with van der Waals surface area (Å²) in [5.41, 5.74) is 0. The lowest BCUT2D eigenvalue weighted by Gasteiger charge is -2.14. The van der Waals surface area contributed by atoms with E-state index in [9.17, 15) is 4.79 Å². The smallest absolute Gasteiger partial charge is 0.200 e. The molecule has 0 unspecified atom stereocenters. The summed E-state index contributed by atoms with van der Waals surface area (Å²) in [5.74, 6) is 1.04. The van der Waals surface area contributed by atoms with E-state index in [1.54, 1.807) is 0 Å². The van der Waals surface area contributed by atoms with Gasteiger partial charge < -0.3 is 4.74 Å². The van der Waals surface area contributed by atoms with Crippen LogP contribution in [0.4, 0.5) is 0 Å². The Hall–Kier alpha value is -0.790. The summed E-state index contributed by atoms with van der Waals surface area (Å²) in [6.45, 7) is 4.94. The van der Waals surface area contributed by atoms with Crippen molar-refractivity contribution in [2.75, 3.05) is 6.61 Å². The summed E-state index contributed by atoms with van der Waals surface area (Å²) in [7, 11) is 0. The molecule has 0 bridgehead atoms. The summed E-state index contributed by atoms with van der Waals surface area (Å²) >= 11 is 0. The number of carbonyl (C=O) groups is 1. The first kappa shape index (κ1) is 11.3. The molecule has 0 saturated carbocycles. The molecule has 0 saturated heterocycles. The van der Waals surface area contributed by atoms with Gasteiger partial charge in [-0.25, -0.2) is 0 Å². The van der Waals surface area contributed by atoms with Gasteiger partial charge in [0.1, 0.15) is 0 Å². The lowest BCUT2D eigenvalue weighted by molar-refractivity contribution is -0.122. The van der Waals surface area contributed by atoms with Gasteiger partial charge in [0.2, 0.25) is 0 Å². The van der Waals surface area contributed by atoms with Crippen molar-refractivity contribution in [1.29, 1.82) is 0 Å². The van der Waals surface area contributed by atoms with E-state index in [0.29, 0.717) is 12.4 Å². The molecule has 1 rings (SSSR count). The summed E-state index contributed by atoms with van der Waals surface area (Å²) in [6.07, 6.45) is 6.96. The van der Waals surface area contributed by atoms with Gasteiger partial charge in [0, 0.05) is 12.3 Å². The van der Waals surface area contributed by atoms with Crippen LogP contribution in [-0.4, -0.2) is 12.4 Å². The molecule has 2 heteroatoms. The normalized spacial score (nSPS) is 15.5. The number of carbonyl (C=O) groups excluding carboxylic acids is 1. The molecular weight excluding hydrogens is 176 g/mol. The molecule has 0 aromatic rings. The minimum atomic E-state index is 0.189. The lowest BCUT2D eigenvalue weighted by Crippen LogP contribution is -2.16. The van der Waals surface area contributed by atoms with Crippen molar-refractivity contribution in [2.45, 2.75) is 46.0 Å². The summed E-state index contributed by atoms with van der Waals surface area (Å²) in [6, 6.07) is 0. The Bertz CT molecular complexity index is 212. The average molecular weight is 196 g/mol. The fraction of sp³-hybridized carbons (Fsp3) is 0.750. The molecule has 80 valence electrons. The Kier molecular flexibility index (Phi) is 4.71. The van der Waals surface area contributed by atoms with Gasteiger partial charge in [-0.3, -0.25) is 4.79 Å². The van der Waals surface area contributed by atoms with E-state index in [-0.39, 0.29) is 11.7 Å². The van der Waals surface area contributed by atoms with E-state index in [0.717, 1.165) is 32.1 Å². The van der Waals surface area contributed by atoms with E-state index in [2.05, 4.69) is 13.8 Å². The van der Waals surface area contributed by atoms with Crippen LogP contribution in [0.1, 0.15) is 46.0 Å². The van der Waals surface area contributed by atoms with Gasteiger partial charge in [0.25, 0.3) is 0 Å². The minimum Gasteiger partial charge on any atom is -0.490 e. The highest BCUT2D eigenvalue weighted by atomic mass is 16.5. The monoisotopic (exact) mass is 196 g/mol. The van der Waals surface area contributed by atoms with Gasteiger partial charge in [-0.1, -0.05) is 26.7 Å². The maximum Gasteiger partial charge on any atom is 0.200 e. The molecule has 1 aliphatic heterocycles. The van der Waals surface area contributed by atoms with Crippen LogP contribution in [0.3, 0.4) is 0 Å². The first-order chi connectivity index (χ1) is 6.79. The third-order valence-electron chi connectivity index (χ3n) is 2.59. The highest BCUT2D eigenvalue weighted by molar-refractivity contribution is 5.95. The second-order valence-electron chi connectivity index (χ2n) is 3.84. The minimum absolute atomic E-state index is 0.189. The number of allylic oxidation sites excluding steroid dienone is 1. The number of hydrogen-bond acceptors (Lipinski definition) is 2. The third kappa shape index (κ3) is 2.86. The maximum absolute atomic E-state index is 11.9. The van der Waals surface area contributed by atoms with Gasteiger partial charge in [0.15, 0.2) is 11.5 Å². The average Bonchev–Trinajstić information content (AvgIpc) is 2.69. The molecule has 0 atom stereocenters. The van der Waals surface area contributed by atoms with Crippen LogP contribution in [0.2, 0.25) is 0 Å². The van der Waals surface area contributed by atoms with Crippen molar-refractivity contribution in [3.63, 3.8) is 0 Å². The Labute approximate surface area is 86.3 Å². The van der Waals surface area contributed by atoms with Gasteiger partial charge in [-0.05, 0) is 18.9 Å². The molecule has 14 heavy (non-hydrogen) atoms. The molecule has 0 aromatic heterocycles. The van der Waals surface area contributed by atoms with Crippen molar-refractivity contribution >= 4 is 5.78 Å². The zero-order valence-corrected chi connectivity index (χ0v) is 9.21. The SMILES string of the molecule is CCCC(CCC)C(=O)C1=CCCO1.